The molecule has 1 atom stereocenters. The van der Waals surface area contributed by atoms with E-state index in [4.69, 9.17) is 10.6 Å². The first-order valence-electron chi connectivity index (χ1n) is 4.63. The lowest BCUT2D eigenvalue weighted by atomic mass is 9.94. The Hall–Kier alpha value is 0.150. The van der Waals surface area contributed by atoms with E-state index in [1.54, 1.807) is 0 Å². The minimum Gasteiger partial charge on any atom is -0.346 e. The molecule has 0 aromatic carbocycles. The molecule has 1 unspecified atom stereocenters. The van der Waals surface area contributed by atoms with Gasteiger partial charge in [0.05, 0.1) is 0 Å². The maximum atomic E-state index is 10.7. The summed E-state index contributed by atoms with van der Waals surface area (Å²) in [5, 5.41) is 0. The fraction of sp³-hybridized carbons (Fsp3) is 1.00. The van der Waals surface area contributed by atoms with Crippen LogP contribution in [0.25, 0.3) is 0 Å². The topological polar surface area (TPSA) is 63.3 Å². The molecule has 0 aliphatic heterocycles. The highest BCUT2D eigenvalue weighted by atomic mass is 31.1. The van der Waals surface area contributed by atoms with Gasteiger partial charge in [0.25, 0.3) is 0 Å². The first-order chi connectivity index (χ1) is 5.62. The van der Waals surface area contributed by atoms with Crippen molar-refractivity contribution in [3.05, 3.63) is 0 Å². The highest BCUT2D eigenvalue weighted by molar-refractivity contribution is 7.38. The van der Waals surface area contributed by atoms with Gasteiger partial charge in [0.1, 0.15) is 0 Å². The maximum absolute atomic E-state index is 10.7. The molecule has 0 heterocycles. The van der Waals surface area contributed by atoms with Crippen LogP contribution < -0.4 is 5.73 Å². The number of hydrogen-bond acceptors (Lipinski definition) is 2. The van der Waals surface area contributed by atoms with Crippen LogP contribution in [0.1, 0.15) is 38.5 Å². The first-order valence-corrected chi connectivity index (χ1v) is 6.19. The standard InChI is InChI=1S/C8H18NO2P/c9-8(7-12(10)11)5-3-1-2-4-6-8/h12H,1-7,9H2,(H,10,11). The monoisotopic (exact) mass is 191 g/mol. The molecule has 4 heteroatoms. The quantitative estimate of drug-likeness (QED) is 0.513. The van der Waals surface area contributed by atoms with Gasteiger partial charge in [0, 0.05) is 11.7 Å². The normalized spacial score (nSPS) is 26.2. The Morgan fingerprint density at radius 3 is 2.17 bits per heavy atom. The summed E-state index contributed by atoms with van der Waals surface area (Å²) in [5.41, 5.74) is 5.69. The summed E-state index contributed by atoms with van der Waals surface area (Å²) in [4.78, 5) is 8.83. The average Bonchev–Trinajstić information content (AvgIpc) is 2.12. The summed E-state index contributed by atoms with van der Waals surface area (Å²) in [7, 11) is -2.38. The Morgan fingerprint density at radius 2 is 1.75 bits per heavy atom. The van der Waals surface area contributed by atoms with Crippen LogP contribution in [0, 0.1) is 0 Å². The zero-order valence-electron chi connectivity index (χ0n) is 7.38. The first kappa shape index (κ1) is 10.2. The van der Waals surface area contributed by atoms with Gasteiger partial charge in [-0.25, -0.2) is 0 Å². The molecule has 0 aromatic rings. The van der Waals surface area contributed by atoms with Crippen LogP contribution in [0.2, 0.25) is 0 Å². The molecule has 3 N–H and O–H groups in total. The Bertz CT molecular complexity index is 164. The SMILES string of the molecule is NC1(C[PH](=O)O)CCCCCC1. The van der Waals surface area contributed by atoms with Gasteiger partial charge in [-0.15, -0.1) is 0 Å². The second-order valence-electron chi connectivity index (χ2n) is 3.85. The average molecular weight is 191 g/mol. The van der Waals surface area contributed by atoms with E-state index < -0.39 is 8.03 Å². The van der Waals surface area contributed by atoms with Crippen LogP contribution in [0.15, 0.2) is 0 Å². The summed E-state index contributed by atoms with van der Waals surface area (Å²) in [5.74, 6) is 0. The van der Waals surface area contributed by atoms with Crippen molar-refractivity contribution < 1.29 is 9.46 Å². The molecule has 1 rings (SSSR count). The second kappa shape index (κ2) is 4.40. The molecule has 1 aliphatic carbocycles. The van der Waals surface area contributed by atoms with E-state index in [2.05, 4.69) is 0 Å². The van der Waals surface area contributed by atoms with E-state index >= 15 is 0 Å². The van der Waals surface area contributed by atoms with Crippen molar-refractivity contribution >= 4 is 8.03 Å². The van der Waals surface area contributed by atoms with Crippen molar-refractivity contribution in [2.75, 3.05) is 6.16 Å². The molecular formula is C8H18NO2P. The maximum Gasteiger partial charge on any atom is 0.190 e. The van der Waals surface area contributed by atoms with Crippen molar-refractivity contribution in [1.29, 1.82) is 0 Å². The van der Waals surface area contributed by atoms with Crippen molar-refractivity contribution in [3.8, 4) is 0 Å². The van der Waals surface area contributed by atoms with Gasteiger partial charge >= 0.3 is 0 Å². The fourth-order valence-electron chi connectivity index (χ4n) is 1.91. The fourth-order valence-corrected chi connectivity index (χ4v) is 2.87. The second-order valence-corrected chi connectivity index (χ2v) is 4.99. The van der Waals surface area contributed by atoms with Crippen molar-refractivity contribution in [1.82, 2.24) is 0 Å². The molecule has 0 spiro atoms. The molecule has 1 saturated carbocycles. The molecule has 0 radical (unpaired) electrons. The predicted molar refractivity (Wildman–Crippen MR) is 50.7 cm³/mol. The van der Waals surface area contributed by atoms with E-state index in [1.807, 2.05) is 0 Å². The minimum absolute atomic E-state index is 0.317. The summed E-state index contributed by atoms with van der Waals surface area (Å²) < 4.78 is 10.7. The molecule has 0 bridgehead atoms. The van der Waals surface area contributed by atoms with Crippen molar-refractivity contribution in [2.24, 2.45) is 5.73 Å². The van der Waals surface area contributed by atoms with Gasteiger partial charge in [-0.3, -0.25) is 4.57 Å². The smallest absolute Gasteiger partial charge is 0.190 e. The van der Waals surface area contributed by atoms with E-state index in [1.165, 1.54) is 12.8 Å². The van der Waals surface area contributed by atoms with Crippen molar-refractivity contribution in [2.45, 2.75) is 44.1 Å². The molecule has 0 amide bonds. The summed E-state index contributed by atoms with van der Waals surface area (Å²) in [6.45, 7) is 0. The molecular weight excluding hydrogens is 173 g/mol. The van der Waals surface area contributed by atoms with E-state index in [-0.39, 0.29) is 5.54 Å². The Morgan fingerprint density at radius 1 is 1.25 bits per heavy atom. The summed E-state index contributed by atoms with van der Waals surface area (Å²) >= 11 is 0. The zero-order valence-corrected chi connectivity index (χ0v) is 8.38. The predicted octanol–water partition coefficient (Wildman–Crippen LogP) is 1.51. The van der Waals surface area contributed by atoms with Gasteiger partial charge in [0.15, 0.2) is 8.03 Å². The highest BCUT2D eigenvalue weighted by Gasteiger charge is 2.27. The third-order valence-electron chi connectivity index (χ3n) is 2.60. The van der Waals surface area contributed by atoms with E-state index in [9.17, 15) is 4.57 Å². The zero-order chi connectivity index (χ0) is 9.03. The lowest BCUT2D eigenvalue weighted by molar-refractivity contribution is 0.396. The molecule has 0 aromatic heterocycles. The molecule has 72 valence electrons. The molecule has 12 heavy (non-hydrogen) atoms. The Balaban J connectivity index is 2.48. The van der Waals surface area contributed by atoms with Gasteiger partial charge in [-0.1, -0.05) is 25.7 Å². The van der Waals surface area contributed by atoms with Gasteiger partial charge in [0.2, 0.25) is 0 Å². The Kier molecular flexibility index (Phi) is 3.76. The molecule has 0 saturated heterocycles. The largest absolute Gasteiger partial charge is 0.346 e. The minimum atomic E-state index is -2.38. The highest BCUT2D eigenvalue weighted by Crippen LogP contribution is 2.31. The summed E-state index contributed by atoms with van der Waals surface area (Å²) in [6.07, 6.45) is 6.85. The number of hydrogen-bond donors (Lipinski definition) is 2. The van der Waals surface area contributed by atoms with Crippen molar-refractivity contribution in [3.63, 3.8) is 0 Å². The van der Waals surface area contributed by atoms with Gasteiger partial charge in [-0.05, 0) is 12.8 Å². The van der Waals surface area contributed by atoms with Crippen LogP contribution in [-0.2, 0) is 4.57 Å². The number of nitrogens with two attached hydrogens (primary N) is 1. The van der Waals surface area contributed by atoms with E-state index in [0.717, 1.165) is 25.7 Å². The molecule has 3 nitrogen and oxygen atoms in total. The van der Waals surface area contributed by atoms with Gasteiger partial charge < -0.3 is 10.6 Å². The third kappa shape index (κ3) is 3.26. The Labute approximate surface area is 74.2 Å². The molecule has 1 aliphatic rings. The number of rotatable bonds is 2. The van der Waals surface area contributed by atoms with E-state index in [0.29, 0.717) is 6.16 Å². The van der Waals surface area contributed by atoms with Crippen LogP contribution >= 0.6 is 8.03 Å². The van der Waals surface area contributed by atoms with Crippen LogP contribution in [0.3, 0.4) is 0 Å². The lowest BCUT2D eigenvalue weighted by Gasteiger charge is -2.26. The van der Waals surface area contributed by atoms with Crippen LogP contribution in [-0.4, -0.2) is 16.6 Å². The lowest BCUT2D eigenvalue weighted by Crippen LogP contribution is -2.41. The van der Waals surface area contributed by atoms with Gasteiger partial charge in [-0.2, -0.15) is 0 Å². The van der Waals surface area contributed by atoms with Crippen LogP contribution in [0.4, 0.5) is 0 Å². The van der Waals surface area contributed by atoms with Crippen LogP contribution in [0.5, 0.6) is 0 Å². The third-order valence-corrected chi connectivity index (χ3v) is 3.61. The summed E-state index contributed by atoms with van der Waals surface area (Å²) in [6, 6.07) is 0. The molecule has 1 fully saturated rings.